The third kappa shape index (κ3) is 2.38. The van der Waals surface area contributed by atoms with E-state index in [9.17, 15) is 20.0 Å². The Morgan fingerprint density at radius 1 is 1.55 bits per heavy atom. The molecule has 1 aliphatic rings. The zero-order chi connectivity index (χ0) is 14.8. The lowest BCUT2D eigenvalue weighted by atomic mass is 9.98. The van der Waals surface area contributed by atoms with E-state index in [1.807, 2.05) is 0 Å². The number of carboxylic acid groups (broad SMARTS) is 1. The van der Waals surface area contributed by atoms with E-state index in [1.54, 1.807) is 6.07 Å². The molecule has 104 valence electrons. The highest BCUT2D eigenvalue weighted by Gasteiger charge is 2.42. The zero-order valence-electron chi connectivity index (χ0n) is 10.5. The van der Waals surface area contributed by atoms with Gasteiger partial charge in [0.1, 0.15) is 11.6 Å². The Hall–Kier alpha value is -2.69. The molecule has 0 aromatic carbocycles. The number of anilines is 1. The van der Waals surface area contributed by atoms with Crippen molar-refractivity contribution < 1.29 is 14.8 Å². The highest BCUT2D eigenvalue weighted by Crippen LogP contribution is 2.35. The maximum absolute atomic E-state index is 11.4. The highest BCUT2D eigenvalue weighted by atomic mass is 16.6. The van der Waals surface area contributed by atoms with Gasteiger partial charge >= 0.3 is 11.7 Å². The fourth-order valence-corrected chi connectivity index (χ4v) is 2.35. The van der Waals surface area contributed by atoms with E-state index in [4.69, 9.17) is 5.26 Å². The summed E-state index contributed by atoms with van der Waals surface area (Å²) in [6, 6.07) is 2.85. The van der Waals surface area contributed by atoms with Crippen LogP contribution in [0.15, 0.2) is 12.3 Å². The van der Waals surface area contributed by atoms with Gasteiger partial charge in [-0.2, -0.15) is 5.26 Å². The van der Waals surface area contributed by atoms with E-state index in [2.05, 4.69) is 10.3 Å². The number of carbonyl (C=O) groups is 1. The molecule has 1 fully saturated rings. The predicted octanol–water partition coefficient (Wildman–Crippen LogP) is 1.67. The van der Waals surface area contributed by atoms with E-state index in [1.165, 1.54) is 6.20 Å². The van der Waals surface area contributed by atoms with Crippen molar-refractivity contribution in [1.82, 2.24) is 4.98 Å². The number of pyridine rings is 1. The van der Waals surface area contributed by atoms with Gasteiger partial charge in [-0.05, 0) is 12.8 Å². The molecule has 2 rings (SSSR count). The van der Waals surface area contributed by atoms with Crippen molar-refractivity contribution in [3.05, 3.63) is 27.9 Å². The minimum absolute atomic E-state index is 0.0537. The van der Waals surface area contributed by atoms with Crippen molar-refractivity contribution in [2.24, 2.45) is 0 Å². The number of rotatable bonds is 4. The first-order valence-electron chi connectivity index (χ1n) is 6.05. The maximum Gasteiger partial charge on any atom is 0.329 e. The lowest BCUT2D eigenvalue weighted by molar-refractivity contribution is -0.384. The smallest absolute Gasteiger partial charge is 0.329 e. The number of nitro groups is 1. The molecule has 8 nitrogen and oxygen atoms in total. The first kappa shape index (κ1) is 13.7. The minimum atomic E-state index is -1.22. The molecule has 0 radical (unpaired) electrons. The Kier molecular flexibility index (Phi) is 3.52. The molecule has 1 aromatic rings. The molecule has 1 heterocycles. The molecule has 0 aliphatic heterocycles. The molecule has 0 atom stereocenters. The van der Waals surface area contributed by atoms with Gasteiger partial charge in [0.15, 0.2) is 0 Å². The van der Waals surface area contributed by atoms with E-state index in [0.717, 1.165) is 18.9 Å². The zero-order valence-corrected chi connectivity index (χ0v) is 10.5. The van der Waals surface area contributed by atoms with Crippen LogP contribution in [0.3, 0.4) is 0 Å². The van der Waals surface area contributed by atoms with Crippen LogP contribution in [0.1, 0.15) is 31.2 Å². The predicted molar refractivity (Wildman–Crippen MR) is 68.1 cm³/mol. The summed E-state index contributed by atoms with van der Waals surface area (Å²) in [4.78, 5) is 25.6. The number of aliphatic carboxylic acids is 1. The van der Waals surface area contributed by atoms with Crippen molar-refractivity contribution in [2.45, 2.75) is 31.2 Å². The van der Waals surface area contributed by atoms with Crippen LogP contribution < -0.4 is 5.32 Å². The van der Waals surface area contributed by atoms with Gasteiger partial charge < -0.3 is 10.4 Å². The summed E-state index contributed by atoms with van der Waals surface area (Å²) < 4.78 is 0. The molecule has 0 bridgehead atoms. The molecular weight excluding hydrogens is 264 g/mol. The third-order valence-electron chi connectivity index (χ3n) is 3.42. The second-order valence-electron chi connectivity index (χ2n) is 4.68. The number of nitriles is 1. The van der Waals surface area contributed by atoms with Crippen LogP contribution in [0, 0.1) is 21.4 Å². The summed E-state index contributed by atoms with van der Waals surface area (Å²) in [6.07, 6.45) is 3.44. The second kappa shape index (κ2) is 5.13. The summed E-state index contributed by atoms with van der Waals surface area (Å²) in [6.45, 7) is 0. The molecule has 0 spiro atoms. The third-order valence-corrected chi connectivity index (χ3v) is 3.42. The second-order valence-corrected chi connectivity index (χ2v) is 4.68. The van der Waals surface area contributed by atoms with Crippen LogP contribution in [-0.2, 0) is 4.79 Å². The van der Waals surface area contributed by atoms with Crippen molar-refractivity contribution >= 4 is 17.5 Å². The number of carboxylic acids is 1. The lowest BCUT2D eigenvalue weighted by Crippen LogP contribution is -2.44. The standard InChI is InChI=1S/C12H12N4O4/c13-6-8-5-9(16(19)20)10(14-7-8)15-12(11(17)18)3-1-2-4-12/h5,7H,1-4H2,(H,14,15)(H,17,18). The molecule has 0 amide bonds. The number of hydrogen-bond donors (Lipinski definition) is 2. The van der Waals surface area contributed by atoms with Gasteiger partial charge in [0.2, 0.25) is 5.82 Å². The van der Waals surface area contributed by atoms with Crippen LogP contribution in [0.2, 0.25) is 0 Å². The van der Waals surface area contributed by atoms with Gasteiger partial charge in [0.25, 0.3) is 0 Å². The van der Waals surface area contributed by atoms with Gasteiger partial charge in [-0.25, -0.2) is 9.78 Å². The SMILES string of the molecule is N#Cc1cnc(NC2(C(=O)O)CCCC2)c([N+](=O)[O-])c1. The van der Waals surface area contributed by atoms with Crippen molar-refractivity contribution in [3.8, 4) is 6.07 Å². The lowest BCUT2D eigenvalue weighted by Gasteiger charge is -2.25. The van der Waals surface area contributed by atoms with E-state index >= 15 is 0 Å². The Balaban J connectivity index is 2.40. The monoisotopic (exact) mass is 276 g/mol. The Morgan fingerprint density at radius 2 is 2.20 bits per heavy atom. The quantitative estimate of drug-likeness (QED) is 0.631. The topological polar surface area (TPSA) is 129 Å². The molecule has 8 heteroatoms. The first-order chi connectivity index (χ1) is 9.48. The molecule has 0 unspecified atom stereocenters. The molecular formula is C12H12N4O4. The van der Waals surface area contributed by atoms with Gasteiger partial charge in [-0.3, -0.25) is 10.1 Å². The summed E-state index contributed by atoms with van der Waals surface area (Å²) in [7, 11) is 0. The molecule has 2 N–H and O–H groups in total. The van der Waals surface area contributed by atoms with Crippen molar-refractivity contribution in [3.63, 3.8) is 0 Å². The van der Waals surface area contributed by atoms with Gasteiger partial charge in [0.05, 0.1) is 10.5 Å². The number of nitrogens with one attached hydrogen (secondary N) is 1. The Bertz CT molecular complexity index is 602. The summed E-state index contributed by atoms with van der Waals surface area (Å²) >= 11 is 0. The molecule has 1 aromatic heterocycles. The Morgan fingerprint density at radius 3 is 2.70 bits per heavy atom. The van der Waals surface area contributed by atoms with Crippen molar-refractivity contribution in [2.75, 3.05) is 5.32 Å². The summed E-state index contributed by atoms with van der Waals surface area (Å²) in [5.74, 6) is -1.16. The van der Waals surface area contributed by atoms with E-state index < -0.39 is 22.1 Å². The molecule has 0 saturated heterocycles. The van der Waals surface area contributed by atoms with Crippen LogP contribution in [0.5, 0.6) is 0 Å². The average Bonchev–Trinajstić information content (AvgIpc) is 2.89. The summed E-state index contributed by atoms with van der Waals surface area (Å²) in [5, 5.41) is 31.8. The number of hydrogen-bond acceptors (Lipinski definition) is 6. The number of nitrogens with zero attached hydrogens (tertiary/aromatic N) is 3. The van der Waals surface area contributed by atoms with Gasteiger partial charge in [-0.15, -0.1) is 0 Å². The fraction of sp³-hybridized carbons (Fsp3) is 0.417. The van der Waals surface area contributed by atoms with E-state index in [0.29, 0.717) is 12.8 Å². The molecule has 20 heavy (non-hydrogen) atoms. The average molecular weight is 276 g/mol. The minimum Gasteiger partial charge on any atom is -0.480 e. The normalized spacial score (nSPS) is 16.4. The fourth-order valence-electron chi connectivity index (χ4n) is 2.35. The van der Waals surface area contributed by atoms with Gasteiger partial charge in [0, 0.05) is 12.3 Å². The summed E-state index contributed by atoms with van der Waals surface area (Å²) in [5.41, 5.74) is -1.55. The van der Waals surface area contributed by atoms with Gasteiger partial charge in [-0.1, -0.05) is 12.8 Å². The first-order valence-corrected chi connectivity index (χ1v) is 6.05. The number of aromatic nitrogens is 1. The van der Waals surface area contributed by atoms with Crippen molar-refractivity contribution in [1.29, 1.82) is 5.26 Å². The van der Waals surface area contributed by atoms with Crippen LogP contribution >= 0.6 is 0 Å². The van der Waals surface area contributed by atoms with Crippen LogP contribution in [0.25, 0.3) is 0 Å². The largest absolute Gasteiger partial charge is 0.480 e. The van der Waals surface area contributed by atoms with E-state index in [-0.39, 0.29) is 11.4 Å². The Labute approximate surface area is 114 Å². The molecule has 1 aliphatic carbocycles. The highest BCUT2D eigenvalue weighted by molar-refractivity contribution is 5.83. The van der Waals surface area contributed by atoms with Crippen LogP contribution in [0.4, 0.5) is 11.5 Å². The van der Waals surface area contributed by atoms with Crippen LogP contribution in [-0.4, -0.2) is 26.5 Å². The maximum atomic E-state index is 11.4. The molecule has 1 saturated carbocycles.